The van der Waals surface area contributed by atoms with Gasteiger partial charge in [-0.25, -0.2) is 0 Å². The number of hydrogen-bond acceptors (Lipinski definition) is 3. The Morgan fingerprint density at radius 3 is 2.67 bits per heavy atom. The lowest BCUT2D eigenvalue weighted by Crippen LogP contribution is -2.18. The van der Waals surface area contributed by atoms with E-state index in [0.717, 1.165) is 36.5 Å². The molecule has 0 aliphatic rings. The Labute approximate surface area is 110 Å². The summed E-state index contributed by atoms with van der Waals surface area (Å²) < 4.78 is 11.2. The van der Waals surface area contributed by atoms with Crippen LogP contribution in [0, 0.1) is 0 Å². The molecule has 2 N–H and O–H groups in total. The van der Waals surface area contributed by atoms with Crippen molar-refractivity contribution in [3.63, 3.8) is 0 Å². The van der Waals surface area contributed by atoms with Crippen molar-refractivity contribution >= 4 is 0 Å². The summed E-state index contributed by atoms with van der Waals surface area (Å²) in [6.45, 7) is 4.92. The molecule has 0 saturated heterocycles. The van der Waals surface area contributed by atoms with Crippen molar-refractivity contribution in [1.82, 2.24) is 0 Å². The van der Waals surface area contributed by atoms with Crippen molar-refractivity contribution < 1.29 is 9.47 Å². The molecule has 18 heavy (non-hydrogen) atoms. The molecule has 0 radical (unpaired) electrons. The van der Waals surface area contributed by atoms with Gasteiger partial charge in [-0.15, -0.1) is 0 Å². The maximum Gasteiger partial charge on any atom is 0.164 e. The van der Waals surface area contributed by atoms with Crippen molar-refractivity contribution in [2.75, 3.05) is 13.7 Å². The smallest absolute Gasteiger partial charge is 0.164 e. The van der Waals surface area contributed by atoms with Gasteiger partial charge in [0.1, 0.15) is 0 Å². The zero-order chi connectivity index (χ0) is 13.4. The van der Waals surface area contributed by atoms with Gasteiger partial charge in [0.25, 0.3) is 0 Å². The normalized spacial score (nSPS) is 12.2. The van der Waals surface area contributed by atoms with Gasteiger partial charge in [0.2, 0.25) is 0 Å². The molecule has 3 nitrogen and oxygen atoms in total. The summed E-state index contributed by atoms with van der Waals surface area (Å²) in [6.07, 6.45) is 4.27. The SMILES string of the molecule is CCCCCOc1c(CC(C)N)cccc1OC. The van der Waals surface area contributed by atoms with E-state index in [1.54, 1.807) is 7.11 Å². The van der Waals surface area contributed by atoms with Gasteiger partial charge in [-0.3, -0.25) is 0 Å². The van der Waals surface area contributed by atoms with Crippen LogP contribution in [0.15, 0.2) is 18.2 Å². The first-order valence-electron chi connectivity index (χ1n) is 6.73. The van der Waals surface area contributed by atoms with Crippen LogP contribution < -0.4 is 15.2 Å². The molecule has 3 heteroatoms. The second-order valence-electron chi connectivity index (χ2n) is 4.69. The molecular weight excluding hydrogens is 226 g/mol. The largest absolute Gasteiger partial charge is 0.493 e. The highest BCUT2D eigenvalue weighted by atomic mass is 16.5. The third-order valence-electron chi connectivity index (χ3n) is 2.82. The first-order chi connectivity index (χ1) is 8.69. The summed E-state index contributed by atoms with van der Waals surface area (Å²) in [6, 6.07) is 6.09. The summed E-state index contributed by atoms with van der Waals surface area (Å²) in [5, 5.41) is 0. The van der Waals surface area contributed by atoms with Crippen molar-refractivity contribution in [2.24, 2.45) is 5.73 Å². The Bertz CT molecular complexity index is 350. The van der Waals surface area contributed by atoms with Crippen LogP contribution in [0.4, 0.5) is 0 Å². The number of ether oxygens (including phenoxy) is 2. The highest BCUT2D eigenvalue weighted by Crippen LogP contribution is 2.32. The minimum Gasteiger partial charge on any atom is -0.493 e. The van der Waals surface area contributed by atoms with Gasteiger partial charge in [0.15, 0.2) is 11.5 Å². The number of nitrogens with two attached hydrogens (primary N) is 1. The highest BCUT2D eigenvalue weighted by molar-refractivity contribution is 5.47. The minimum absolute atomic E-state index is 0.120. The van der Waals surface area contributed by atoms with Gasteiger partial charge < -0.3 is 15.2 Å². The van der Waals surface area contributed by atoms with Gasteiger partial charge in [-0.1, -0.05) is 31.9 Å². The van der Waals surface area contributed by atoms with Crippen LogP contribution in [0.5, 0.6) is 11.5 Å². The number of para-hydroxylation sites is 1. The molecule has 0 aromatic heterocycles. The lowest BCUT2D eigenvalue weighted by molar-refractivity contribution is 0.282. The van der Waals surface area contributed by atoms with Crippen LogP contribution in [0.1, 0.15) is 38.7 Å². The van der Waals surface area contributed by atoms with Gasteiger partial charge in [-0.2, -0.15) is 0 Å². The maximum atomic E-state index is 5.88. The molecule has 1 rings (SSSR count). The molecule has 1 aromatic rings. The van der Waals surface area contributed by atoms with Crippen molar-refractivity contribution in [3.05, 3.63) is 23.8 Å². The molecule has 1 atom stereocenters. The topological polar surface area (TPSA) is 44.5 Å². The van der Waals surface area contributed by atoms with Gasteiger partial charge in [0, 0.05) is 6.04 Å². The van der Waals surface area contributed by atoms with E-state index >= 15 is 0 Å². The van der Waals surface area contributed by atoms with E-state index in [1.807, 2.05) is 19.1 Å². The second-order valence-corrected chi connectivity index (χ2v) is 4.69. The average Bonchev–Trinajstić information content (AvgIpc) is 2.35. The van der Waals surface area contributed by atoms with Gasteiger partial charge >= 0.3 is 0 Å². The molecule has 0 spiro atoms. The molecule has 0 aliphatic heterocycles. The average molecular weight is 251 g/mol. The fraction of sp³-hybridized carbons (Fsp3) is 0.600. The molecule has 0 aliphatic carbocycles. The van der Waals surface area contributed by atoms with E-state index in [0.29, 0.717) is 0 Å². The summed E-state index contributed by atoms with van der Waals surface area (Å²) in [7, 11) is 1.67. The predicted octanol–water partition coefficient (Wildman–Crippen LogP) is 3.15. The fourth-order valence-electron chi connectivity index (χ4n) is 1.92. The van der Waals surface area contributed by atoms with Gasteiger partial charge in [-0.05, 0) is 31.4 Å². The van der Waals surface area contributed by atoms with E-state index in [9.17, 15) is 0 Å². The van der Waals surface area contributed by atoms with Crippen LogP contribution in [0.3, 0.4) is 0 Å². The molecule has 1 unspecified atom stereocenters. The van der Waals surface area contributed by atoms with E-state index < -0.39 is 0 Å². The molecule has 1 aromatic carbocycles. The number of rotatable bonds is 8. The minimum atomic E-state index is 0.120. The molecule has 0 amide bonds. The first-order valence-corrected chi connectivity index (χ1v) is 6.73. The third kappa shape index (κ3) is 4.57. The number of benzene rings is 1. The summed E-state index contributed by atoms with van der Waals surface area (Å²) in [5.74, 6) is 1.65. The molecule has 0 bridgehead atoms. The van der Waals surface area contributed by atoms with E-state index in [-0.39, 0.29) is 6.04 Å². The Morgan fingerprint density at radius 2 is 2.06 bits per heavy atom. The van der Waals surface area contributed by atoms with Crippen LogP contribution in [0.25, 0.3) is 0 Å². The predicted molar refractivity (Wildman–Crippen MR) is 75.4 cm³/mol. The van der Waals surface area contributed by atoms with E-state index in [1.165, 1.54) is 12.8 Å². The highest BCUT2D eigenvalue weighted by Gasteiger charge is 2.11. The van der Waals surface area contributed by atoms with Crippen LogP contribution in [-0.4, -0.2) is 19.8 Å². The number of hydrogen-bond donors (Lipinski definition) is 1. The quantitative estimate of drug-likeness (QED) is 0.722. The molecule has 0 saturated carbocycles. The summed E-state index contributed by atoms with van der Waals surface area (Å²) in [4.78, 5) is 0. The molecule has 102 valence electrons. The maximum absolute atomic E-state index is 5.88. The Kier molecular flexibility index (Phi) is 6.58. The Balaban J connectivity index is 2.76. The Hall–Kier alpha value is -1.22. The number of methoxy groups -OCH3 is 1. The molecular formula is C15H25NO2. The molecule has 0 fully saturated rings. The van der Waals surface area contributed by atoms with Crippen molar-refractivity contribution in [3.8, 4) is 11.5 Å². The fourth-order valence-corrected chi connectivity index (χ4v) is 1.92. The zero-order valence-electron chi connectivity index (χ0n) is 11.7. The third-order valence-corrected chi connectivity index (χ3v) is 2.82. The van der Waals surface area contributed by atoms with E-state index in [4.69, 9.17) is 15.2 Å². The lowest BCUT2D eigenvalue weighted by Gasteiger charge is -2.16. The monoisotopic (exact) mass is 251 g/mol. The van der Waals surface area contributed by atoms with Crippen LogP contribution in [0.2, 0.25) is 0 Å². The van der Waals surface area contributed by atoms with Crippen LogP contribution >= 0.6 is 0 Å². The zero-order valence-corrected chi connectivity index (χ0v) is 11.7. The van der Waals surface area contributed by atoms with Gasteiger partial charge in [0.05, 0.1) is 13.7 Å². The standard InChI is InChI=1S/C15H25NO2/c1-4-5-6-10-18-15-13(11-12(2)16)8-7-9-14(15)17-3/h7-9,12H,4-6,10-11,16H2,1-3H3. The summed E-state index contributed by atoms with van der Waals surface area (Å²) >= 11 is 0. The van der Waals surface area contributed by atoms with Crippen LogP contribution in [-0.2, 0) is 6.42 Å². The van der Waals surface area contributed by atoms with E-state index in [2.05, 4.69) is 13.0 Å². The summed E-state index contributed by atoms with van der Waals surface area (Å²) in [5.41, 5.74) is 6.99. The van der Waals surface area contributed by atoms with Crippen molar-refractivity contribution in [1.29, 1.82) is 0 Å². The lowest BCUT2D eigenvalue weighted by atomic mass is 10.1. The number of unbranched alkanes of at least 4 members (excludes halogenated alkanes) is 2. The molecule has 0 heterocycles. The first kappa shape index (κ1) is 14.8. The Morgan fingerprint density at radius 1 is 1.28 bits per heavy atom. The second kappa shape index (κ2) is 7.98. The van der Waals surface area contributed by atoms with Crippen molar-refractivity contribution in [2.45, 2.75) is 45.6 Å².